The van der Waals surface area contributed by atoms with E-state index in [1.165, 1.54) is 6.07 Å². The minimum Gasteiger partial charge on any atom is -0.478 e. The highest BCUT2D eigenvalue weighted by molar-refractivity contribution is 8.00. The van der Waals surface area contributed by atoms with Gasteiger partial charge in [0.1, 0.15) is 17.1 Å². The number of hydrogen-bond acceptors (Lipinski definition) is 4. The van der Waals surface area contributed by atoms with Crippen molar-refractivity contribution >= 4 is 23.8 Å². The molecule has 1 aromatic heterocycles. The molecule has 0 aliphatic carbocycles. The van der Waals surface area contributed by atoms with Gasteiger partial charge in [0.15, 0.2) is 0 Å². The van der Waals surface area contributed by atoms with Crippen LogP contribution in [0.4, 0.5) is 4.79 Å². The molecular formula is C14H20N2O4S. The molecule has 0 radical (unpaired) electrons. The van der Waals surface area contributed by atoms with Crippen LogP contribution in [-0.2, 0) is 6.54 Å². The van der Waals surface area contributed by atoms with E-state index < -0.39 is 5.97 Å². The van der Waals surface area contributed by atoms with E-state index in [-0.39, 0.29) is 24.2 Å². The number of thioether (sulfide) groups is 1. The Morgan fingerprint density at radius 2 is 2.24 bits per heavy atom. The Hall–Kier alpha value is -1.63. The van der Waals surface area contributed by atoms with E-state index in [1.807, 2.05) is 23.6 Å². The van der Waals surface area contributed by atoms with E-state index in [1.54, 1.807) is 6.92 Å². The van der Waals surface area contributed by atoms with Gasteiger partial charge in [-0.2, -0.15) is 11.8 Å². The van der Waals surface area contributed by atoms with Crippen LogP contribution in [0.15, 0.2) is 10.5 Å². The molecule has 2 N–H and O–H groups in total. The summed E-state index contributed by atoms with van der Waals surface area (Å²) in [7, 11) is 0. The molecule has 2 heterocycles. The first-order chi connectivity index (χ1) is 9.90. The summed E-state index contributed by atoms with van der Waals surface area (Å²) in [5.41, 5.74) is 0.135. The first kappa shape index (κ1) is 15.8. The Balaban J connectivity index is 1.95. The summed E-state index contributed by atoms with van der Waals surface area (Å²) >= 11 is 1.86. The van der Waals surface area contributed by atoms with Crippen molar-refractivity contribution in [3.63, 3.8) is 0 Å². The largest absolute Gasteiger partial charge is 0.478 e. The van der Waals surface area contributed by atoms with Gasteiger partial charge in [0.2, 0.25) is 0 Å². The fourth-order valence-electron chi connectivity index (χ4n) is 2.33. The SMILES string of the molecule is Cc1oc(CNC(=O)N2CCSC(C)C2C)cc1C(=O)O. The van der Waals surface area contributed by atoms with Crippen molar-refractivity contribution in [3.05, 3.63) is 23.2 Å². The lowest BCUT2D eigenvalue weighted by Gasteiger charge is -2.37. The van der Waals surface area contributed by atoms with Crippen LogP contribution in [0.1, 0.15) is 35.7 Å². The van der Waals surface area contributed by atoms with Crippen LogP contribution in [0.3, 0.4) is 0 Å². The lowest BCUT2D eigenvalue weighted by Crippen LogP contribution is -2.51. The van der Waals surface area contributed by atoms with Crippen LogP contribution in [0.25, 0.3) is 0 Å². The smallest absolute Gasteiger partial charge is 0.339 e. The van der Waals surface area contributed by atoms with Crippen LogP contribution in [0.2, 0.25) is 0 Å². The number of carboxylic acid groups (broad SMARTS) is 1. The van der Waals surface area contributed by atoms with Gasteiger partial charge in [-0.15, -0.1) is 0 Å². The molecule has 0 spiro atoms. The van der Waals surface area contributed by atoms with Crippen molar-refractivity contribution in [2.75, 3.05) is 12.3 Å². The fraction of sp³-hybridized carbons (Fsp3) is 0.571. The molecule has 116 valence electrons. The molecule has 1 saturated heterocycles. The maximum atomic E-state index is 12.2. The van der Waals surface area contributed by atoms with E-state index in [4.69, 9.17) is 9.52 Å². The number of urea groups is 1. The van der Waals surface area contributed by atoms with Gasteiger partial charge < -0.3 is 19.7 Å². The van der Waals surface area contributed by atoms with Crippen LogP contribution >= 0.6 is 11.8 Å². The molecule has 2 rings (SSSR count). The Bertz CT molecular complexity index is 543. The lowest BCUT2D eigenvalue weighted by molar-refractivity contribution is 0.0695. The molecule has 2 amide bonds. The molecule has 7 heteroatoms. The van der Waals surface area contributed by atoms with Gasteiger partial charge >= 0.3 is 12.0 Å². The van der Waals surface area contributed by atoms with Crippen molar-refractivity contribution in [1.29, 1.82) is 0 Å². The topological polar surface area (TPSA) is 82.8 Å². The number of nitrogens with one attached hydrogen (secondary N) is 1. The summed E-state index contributed by atoms with van der Waals surface area (Å²) in [5.74, 6) is 0.708. The highest BCUT2D eigenvalue weighted by Crippen LogP contribution is 2.24. The molecule has 0 bridgehead atoms. The van der Waals surface area contributed by atoms with Crippen LogP contribution in [0.5, 0.6) is 0 Å². The van der Waals surface area contributed by atoms with Crippen molar-refractivity contribution in [1.82, 2.24) is 10.2 Å². The van der Waals surface area contributed by atoms with Gasteiger partial charge in [0.05, 0.1) is 6.54 Å². The van der Waals surface area contributed by atoms with E-state index in [0.717, 1.165) is 12.3 Å². The average molecular weight is 312 g/mol. The summed E-state index contributed by atoms with van der Waals surface area (Å²) in [6.45, 7) is 6.66. The zero-order chi connectivity index (χ0) is 15.6. The van der Waals surface area contributed by atoms with E-state index in [9.17, 15) is 9.59 Å². The number of carboxylic acids is 1. The van der Waals surface area contributed by atoms with Crippen molar-refractivity contribution in [2.45, 2.75) is 38.6 Å². The third-order valence-corrected chi connectivity index (χ3v) is 5.10. The minimum absolute atomic E-state index is 0.135. The van der Waals surface area contributed by atoms with E-state index in [2.05, 4.69) is 12.2 Å². The Morgan fingerprint density at radius 1 is 1.52 bits per heavy atom. The molecule has 21 heavy (non-hydrogen) atoms. The highest BCUT2D eigenvalue weighted by atomic mass is 32.2. The number of amides is 2. The molecule has 1 aliphatic rings. The number of carbonyl (C=O) groups excluding carboxylic acids is 1. The first-order valence-corrected chi connectivity index (χ1v) is 7.93. The summed E-state index contributed by atoms with van der Waals surface area (Å²) in [6.07, 6.45) is 0. The Kier molecular flexibility index (Phi) is 4.82. The minimum atomic E-state index is -1.02. The van der Waals surface area contributed by atoms with Gasteiger partial charge in [-0.3, -0.25) is 0 Å². The maximum absolute atomic E-state index is 12.2. The fourth-order valence-corrected chi connectivity index (χ4v) is 3.43. The first-order valence-electron chi connectivity index (χ1n) is 6.89. The molecular weight excluding hydrogens is 292 g/mol. The van der Waals surface area contributed by atoms with Crippen molar-refractivity contribution in [2.24, 2.45) is 0 Å². The van der Waals surface area contributed by atoms with Crippen molar-refractivity contribution < 1.29 is 19.1 Å². The number of furan rings is 1. The second-order valence-electron chi connectivity index (χ2n) is 5.16. The molecule has 0 saturated carbocycles. The van der Waals surface area contributed by atoms with Crippen LogP contribution < -0.4 is 5.32 Å². The summed E-state index contributed by atoms with van der Waals surface area (Å²) in [6, 6.07) is 1.49. The highest BCUT2D eigenvalue weighted by Gasteiger charge is 2.28. The number of aromatic carboxylic acids is 1. The molecule has 2 unspecified atom stereocenters. The molecule has 2 atom stereocenters. The molecule has 1 aromatic rings. The lowest BCUT2D eigenvalue weighted by atomic mass is 10.2. The molecule has 1 aliphatic heterocycles. The average Bonchev–Trinajstić information content (AvgIpc) is 2.80. The van der Waals surface area contributed by atoms with Crippen LogP contribution in [0, 0.1) is 6.92 Å². The third-order valence-electron chi connectivity index (χ3n) is 3.76. The summed E-state index contributed by atoms with van der Waals surface area (Å²) < 4.78 is 5.34. The predicted octanol–water partition coefficient (Wildman–Crippen LogP) is 2.32. The number of carbonyl (C=O) groups is 2. The number of aryl methyl sites for hydroxylation is 1. The van der Waals surface area contributed by atoms with Crippen LogP contribution in [-0.4, -0.2) is 45.6 Å². The van der Waals surface area contributed by atoms with Gasteiger partial charge in [-0.25, -0.2) is 9.59 Å². The number of hydrogen-bond donors (Lipinski definition) is 2. The Morgan fingerprint density at radius 3 is 2.86 bits per heavy atom. The quantitative estimate of drug-likeness (QED) is 0.895. The zero-order valence-electron chi connectivity index (χ0n) is 12.4. The van der Waals surface area contributed by atoms with Gasteiger partial charge in [0, 0.05) is 23.6 Å². The second-order valence-corrected chi connectivity index (χ2v) is 6.64. The second kappa shape index (κ2) is 6.43. The predicted molar refractivity (Wildman–Crippen MR) is 80.7 cm³/mol. The molecule has 6 nitrogen and oxygen atoms in total. The van der Waals surface area contributed by atoms with Gasteiger partial charge in [0.25, 0.3) is 0 Å². The zero-order valence-corrected chi connectivity index (χ0v) is 13.2. The van der Waals surface area contributed by atoms with E-state index in [0.29, 0.717) is 16.8 Å². The maximum Gasteiger partial charge on any atom is 0.339 e. The molecule has 0 aromatic carbocycles. The molecule has 1 fully saturated rings. The van der Waals surface area contributed by atoms with E-state index >= 15 is 0 Å². The Labute approximate surface area is 127 Å². The standard InChI is InChI=1S/C14H20N2O4S/c1-8-10(3)21-5-4-16(8)14(19)15-7-11-6-12(13(17)18)9(2)20-11/h6,8,10H,4-5,7H2,1-3H3,(H,15,19)(H,17,18). The third kappa shape index (κ3) is 3.53. The van der Waals surface area contributed by atoms with Crippen molar-refractivity contribution in [3.8, 4) is 0 Å². The van der Waals surface area contributed by atoms with Gasteiger partial charge in [-0.1, -0.05) is 6.92 Å². The number of nitrogens with zero attached hydrogens (tertiary/aromatic N) is 1. The van der Waals surface area contributed by atoms with Gasteiger partial charge in [-0.05, 0) is 19.9 Å². The number of rotatable bonds is 3. The summed E-state index contributed by atoms with van der Waals surface area (Å²) in [4.78, 5) is 25.0. The monoisotopic (exact) mass is 312 g/mol. The normalized spacial score (nSPS) is 22.1. The summed E-state index contributed by atoms with van der Waals surface area (Å²) in [5, 5.41) is 12.2.